The summed E-state index contributed by atoms with van der Waals surface area (Å²) in [7, 11) is 1.48. The van der Waals surface area contributed by atoms with E-state index in [0.717, 1.165) is 38.2 Å². The molecule has 2 atom stereocenters. The van der Waals surface area contributed by atoms with E-state index in [-0.39, 0.29) is 5.82 Å². The first-order valence-electron chi connectivity index (χ1n) is 6.88. The maximum atomic E-state index is 13.7. The van der Waals surface area contributed by atoms with Crippen LogP contribution in [0, 0.1) is 11.7 Å². The second-order valence-electron chi connectivity index (χ2n) is 4.96. The zero-order valence-corrected chi connectivity index (χ0v) is 11.6. The zero-order valence-electron chi connectivity index (χ0n) is 11.6. The minimum atomic E-state index is -0.295. The Kier molecular flexibility index (Phi) is 5.16. The van der Waals surface area contributed by atoms with Crippen molar-refractivity contribution in [3.05, 3.63) is 29.6 Å². The fourth-order valence-corrected chi connectivity index (χ4v) is 2.67. The summed E-state index contributed by atoms with van der Waals surface area (Å²) in [6.45, 7) is 4.62. The van der Waals surface area contributed by atoms with Gasteiger partial charge >= 0.3 is 0 Å². The van der Waals surface area contributed by atoms with Gasteiger partial charge in [0, 0.05) is 18.6 Å². The predicted molar refractivity (Wildman–Crippen MR) is 73.0 cm³/mol. The van der Waals surface area contributed by atoms with Gasteiger partial charge in [-0.1, -0.05) is 13.0 Å². The van der Waals surface area contributed by atoms with E-state index in [1.807, 2.05) is 6.07 Å². The van der Waals surface area contributed by atoms with Gasteiger partial charge in [-0.3, -0.25) is 0 Å². The highest BCUT2D eigenvalue weighted by Crippen LogP contribution is 2.23. The predicted octanol–water partition coefficient (Wildman–Crippen LogP) is 2.39. The molecule has 3 nitrogen and oxygen atoms in total. The van der Waals surface area contributed by atoms with E-state index in [9.17, 15) is 4.39 Å². The fraction of sp³-hybridized carbons (Fsp3) is 0.600. The highest BCUT2D eigenvalue weighted by molar-refractivity contribution is 5.29. The van der Waals surface area contributed by atoms with Crippen molar-refractivity contribution in [3.8, 4) is 5.75 Å². The van der Waals surface area contributed by atoms with Gasteiger partial charge in [-0.05, 0) is 37.1 Å². The van der Waals surface area contributed by atoms with Crippen LogP contribution in [-0.2, 0) is 11.2 Å². The maximum Gasteiger partial charge on any atom is 0.165 e. The molecule has 1 aromatic carbocycles. The van der Waals surface area contributed by atoms with E-state index >= 15 is 0 Å². The van der Waals surface area contributed by atoms with Crippen molar-refractivity contribution >= 4 is 0 Å². The van der Waals surface area contributed by atoms with Gasteiger partial charge < -0.3 is 14.8 Å². The highest BCUT2D eigenvalue weighted by Gasteiger charge is 2.25. The minimum absolute atomic E-state index is 0.295. The Morgan fingerprint density at radius 3 is 3.00 bits per heavy atom. The van der Waals surface area contributed by atoms with E-state index in [2.05, 4.69) is 12.2 Å². The summed E-state index contributed by atoms with van der Waals surface area (Å²) in [4.78, 5) is 0. The number of hydrogen-bond acceptors (Lipinski definition) is 3. The van der Waals surface area contributed by atoms with E-state index in [4.69, 9.17) is 9.47 Å². The SMILES string of the molecule is CCNC1CCOCC1Cc1ccc(OC)c(F)c1. The van der Waals surface area contributed by atoms with Crippen LogP contribution < -0.4 is 10.1 Å². The lowest BCUT2D eigenvalue weighted by Gasteiger charge is -2.32. The third kappa shape index (κ3) is 3.67. The number of hydrogen-bond donors (Lipinski definition) is 1. The topological polar surface area (TPSA) is 30.5 Å². The Hall–Kier alpha value is -1.13. The van der Waals surface area contributed by atoms with Crippen LogP contribution in [0.5, 0.6) is 5.75 Å². The Morgan fingerprint density at radius 1 is 1.47 bits per heavy atom. The molecule has 1 N–H and O–H groups in total. The van der Waals surface area contributed by atoms with Crippen molar-refractivity contribution in [2.24, 2.45) is 5.92 Å². The van der Waals surface area contributed by atoms with Crippen molar-refractivity contribution < 1.29 is 13.9 Å². The Morgan fingerprint density at radius 2 is 2.32 bits per heavy atom. The molecule has 4 heteroatoms. The zero-order chi connectivity index (χ0) is 13.7. The van der Waals surface area contributed by atoms with Gasteiger partial charge in [0.05, 0.1) is 13.7 Å². The molecule has 1 aliphatic heterocycles. The van der Waals surface area contributed by atoms with Crippen LogP contribution in [-0.4, -0.2) is 32.9 Å². The molecule has 2 rings (SSSR count). The van der Waals surface area contributed by atoms with Crippen molar-refractivity contribution in [3.63, 3.8) is 0 Å². The van der Waals surface area contributed by atoms with Crippen LogP contribution in [0.3, 0.4) is 0 Å². The summed E-state index contributed by atoms with van der Waals surface area (Å²) in [5.41, 5.74) is 0.997. The Balaban J connectivity index is 2.04. The summed E-state index contributed by atoms with van der Waals surface area (Å²) in [6.07, 6.45) is 1.86. The molecule has 1 saturated heterocycles. The van der Waals surface area contributed by atoms with Crippen LogP contribution in [0.1, 0.15) is 18.9 Å². The molecule has 106 valence electrons. The van der Waals surface area contributed by atoms with Crippen LogP contribution in [0.2, 0.25) is 0 Å². The summed E-state index contributed by atoms with van der Waals surface area (Å²) >= 11 is 0. The first-order valence-corrected chi connectivity index (χ1v) is 6.88. The van der Waals surface area contributed by atoms with Crippen molar-refractivity contribution in [2.75, 3.05) is 26.9 Å². The number of nitrogens with one attached hydrogen (secondary N) is 1. The molecule has 0 spiro atoms. The summed E-state index contributed by atoms with van der Waals surface area (Å²) < 4.78 is 24.2. The van der Waals surface area contributed by atoms with Gasteiger partial charge in [-0.25, -0.2) is 4.39 Å². The average Bonchev–Trinajstić information content (AvgIpc) is 2.41. The Labute approximate surface area is 114 Å². The fourth-order valence-electron chi connectivity index (χ4n) is 2.67. The van der Waals surface area contributed by atoms with Crippen molar-refractivity contribution in [1.29, 1.82) is 0 Å². The summed E-state index contributed by atoms with van der Waals surface area (Å²) in [6, 6.07) is 5.65. The number of rotatable bonds is 5. The van der Waals surface area contributed by atoms with Crippen LogP contribution in [0.15, 0.2) is 18.2 Å². The molecule has 0 aromatic heterocycles. The number of halogens is 1. The van der Waals surface area contributed by atoms with E-state index in [1.54, 1.807) is 12.1 Å². The molecule has 0 saturated carbocycles. The van der Waals surface area contributed by atoms with Crippen LogP contribution in [0.4, 0.5) is 4.39 Å². The molecule has 1 aromatic rings. The molecule has 0 bridgehead atoms. The molecule has 1 aliphatic rings. The minimum Gasteiger partial charge on any atom is -0.494 e. The lowest BCUT2D eigenvalue weighted by atomic mass is 9.89. The third-order valence-electron chi connectivity index (χ3n) is 3.65. The molecule has 19 heavy (non-hydrogen) atoms. The Bertz CT molecular complexity index is 409. The van der Waals surface area contributed by atoms with Gasteiger partial charge in [0.15, 0.2) is 11.6 Å². The maximum absolute atomic E-state index is 13.7. The number of methoxy groups -OCH3 is 1. The van der Waals surface area contributed by atoms with Crippen LogP contribution >= 0.6 is 0 Å². The van der Waals surface area contributed by atoms with Gasteiger partial charge in [-0.15, -0.1) is 0 Å². The molecule has 0 radical (unpaired) electrons. The van der Waals surface area contributed by atoms with E-state index in [1.165, 1.54) is 7.11 Å². The molecule has 0 aliphatic carbocycles. The molecular weight excluding hydrogens is 245 g/mol. The van der Waals surface area contributed by atoms with Gasteiger partial charge in [0.2, 0.25) is 0 Å². The summed E-state index contributed by atoms with van der Waals surface area (Å²) in [5, 5.41) is 3.49. The average molecular weight is 267 g/mol. The smallest absolute Gasteiger partial charge is 0.165 e. The molecule has 0 amide bonds. The summed E-state index contributed by atoms with van der Waals surface area (Å²) in [5.74, 6) is 0.408. The molecule has 1 heterocycles. The number of benzene rings is 1. The highest BCUT2D eigenvalue weighted by atomic mass is 19.1. The first kappa shape index (κ1) is 14.3. The standard InChI is InChI=1S/C15H22FNO2/c1-3-17-14-6-7-19-10-12(14)8-11-4-5-15(18-2)13(16)9-11/h4-5,9,12,14,17H,3,6-8,10H2,1-2H3. The third-order valence-corrected chi connectivity index (χ3v) is 3.65. The van der Waals surface area contributed by atoms with Gasteiger partial charge in [-0.2, -0.15) is 0 Å². The monoisotopic (exact) mass is 267 g/mol. The molecular formula is C15H22FNO2. The lowest BCUT2D eigenvalue weighted by Crippen LogP contribution is -2.43. The quantitative estimate of drug-likeness (QED) is 0.888. The van der Waals surface area contributed by atoms with Crippen molar-refractivity contribution in [1.82, 2.24) is 5.32 Å². The largest absolute Gasteiger partial charge is 0.494 e. The first-order chi connectivity index (χ1) is 9.24. The van der Waals surface area contributed by atoms with Gasteiger partial charge in [0.25, 0.3) is 0 Å². The van der Waals surface area contributed by atoms with Crippen LogP contribution in [0.25, 0.3) is 0 Å². The van der Waals surface area contributed by atoms with Gasteiger partial charge in [0.1, 0.15) is 0 Å². The second kappa shape index (κ2) is 6.87. The number of ether oxygens (including phenoxy) is 2. The molecule has 2 unspecified atom stereocenters. The normalized spacial score (nSPS) is 23.3. The van der Waals surface area contributed by atoms with E-state index < -0.39 is 0 Å². The van der Waals surface area contributed by atoms with E-state index in [0.29, 0.717) is 17.7 Å². The second-order valence-corrected chi connectivity index (χ2v) is 4.96. The molecule has 1 fully saturated rings. The van der Waals surface area contributed by atoms with Crippen molar-refractivity contribution in [2.45, 2.75) is 25.8 Å². The lowest BCUT2D eigenvalue weighted by molar-refractivity contribution is 0.0326.